The minimum Gasteiger partial charge on any atom is -0.462 e. The molecule has 8 atom stereocenters. The molecule has 5 aliphatic rings. The van der Waals surface area contributed by atoms with Gasteiger partial charge in [-0.15, -0.1) is 0 Å². The first-order valence-electron chi connectivity index (χ1n) is 18.5. The number of rotatable bonds is 11. The van der Waals surface area contributed by atoms with E-state index in [1.807, 2.05) is 0 Å². The number of ether oxygens (including phenoxy) is 1. The average molecular weight is 646 g/mol. The summed E-state index contributed by atoms with van der Waals surface area (Å²) >= 11 is 0. The van der Waals surface area contributed by atoms with Crippen molar-refractivity contribution in [3.8, 4) is 0 Å². The number of imide groups is 1. The molecule has 1 aromatic carbocycles. The molecule has 0 aromatic heterocycles. The van der Waals surface area contributed by atoms with E-state index in [9.17, 15) is 19.2 Å². The largest absolute Gasteiger partial charge is 0.462 e. The third kappa shape index (κ3) is 6.45. The second kappa shape index (κ2) is 13.5. The third-order valence-electron chi connectivity index (χ3n) is 13.3. The maximum Gasteiger partial charge on any atom is 0.333 e. The minimum absolute atomic E-state index is 0.0862. The number of hydrogen-bond donors (Lipinski definition) is 0. The van der Waals surface area contributed by atoms with Gasteiger partial charge in [-0.05, 0) is 110 Å². The van der Waals surface area contributed by atoms with Gasteiger partial charge in [-0.2, -0.15) is 0 Å². The Bertz CT molecular complexity index is 1380. The molecule has 3 fully saturated rings. The number of hydrogen-bond acceptors (Lipinski definition) is 6. The van der Waals surface area contributed by atoms with Crippen molar-refractivity contribution in [1.29, 1.82) is 0 Å². The fourth-order valence-electron chi connectivity index (χ4n) is 10.8. The minimum atomic E-state index is -0.722. The number of nitrogens with zero attached hydrogens (tertiary/aromatic N) is 1. The Labute approximate surface area is 281 Å². The number of esters is 1. The molecular formula is C40H55NO6. The number of carbonyl (C=O) groups is 4. The van der Waals surface area contributed by atoms with Crippen molar-refractivity contribution >= 4 is 23.8 Å². The van der Waals surface area contributed by atoms with Crippen LogP contribution in [0.1, 0.15) is 145 Å². The summed E-state index contributed by atoms with van der Waals surface area (Å²) in [5.41, 5.74) is 2.60. The molecule has 6 rings (SSSR count). The Balaban J connectivity index is 0.975. The monoisotopic (exact) mass is 645 g/mol. The molecule has 0 bridgehead atoms. The van der Waals surface area contributed by atoms with E-state index in [1.165, 1.54) is 69.1 Å². The Kier molecular flexibility index (Phi) is 9.75. The maximum absolute atomic E-state index is 12.8. The molecule has 256 valence electrons. The number of carbonyl (C=O) groups excluding carboxylic acids is 4. The van der Waals surface area contributed by atoms with Crippen LogP contribution in [-0.4, -0.2) is 34.9 Å². The van der Waals surface area contributed by atoms with Crippen molar-refractivity contribution in [2.45, 2.75) is 131 Å². The van der Waals surface area contributed by atoms with Gasteiger partial charge in [0.2, 0.25) is 0 Å². The van der Waals surface area contributed by atoms with Gasteiger partial charge < -0.3 is 9.57 Å². The van der Waals surface area contributed by atoms with Gasteiger partial charge in [0.25, 0.3) is 11.8 Å². The summed E-state index contributed by atoms with van der Waals surface area (Å²) < 4.78 is 5.94. The van der Waals surface area contributed by atoms with E-state index >= 15 is 0 Å². The second-order valence-electron chi connectivity index (χ2n) is 16.4. The SMILES string of the molecule is CC(C)CCC[C@@H](C)[C@H]1CC[C@H]2[C@@H]3CC=C4C[C@@H](OC(=O)CCCC(=O)ON5C(=O)c6ccccc6C5=O)CC[C@]4(C)[C@H]3CC[C@]12C. The summed E-state index contributed by atoms with van der Waals surface area (Å²) in [5, 5.41) is 0.514. The van der Waals surface area contributed by atoms with E-state index in [4.69, 9.17) is 9.57 Å². The zero-order chi connectivity index (χ0) is 33.5. The fourth-order valence-corrected chi connectivity index (χ4v) is 10.8. The predicted octanol–water partition coefficient (Wildman–Crippen LogP) is 8.86. The maximum atomic E-state index is 12.8. The highest BCUT2D eigenvalue weighted by molar-refractivity contribution is 6.20. The molecule has 1 aliphatic heterocycles. The normalized spacial score (nSPS) is 33.4. The average Bonchev–Trinajstić information content (AvgIpc) is 3.51. The number of amides is 2. The molecule has 0 N–H and O–H groups in total. The number of hydroxylamine groups is 2. The summed E-state index contributed by atoms with van der Waals surface area (Å²) in [7, 11) is 0. The van der Waals surface area contributed by atoms with Crippen molar-refractivity contribution in [3.05, 3.63) is 47.0 Å². The Hall–Kier alpha value is -2.96. The molecule has 0 unspecified atom stereocenters. The van der Waals surface area contributed by atoms with Crippen LogP contribution >= 0.6 is 0 Å². The molecule has 3 saturated carbocycles. The van der Waals surface area contributed by atoms with Crippen LogP contribution < -0.4 is 0 Å². The molecule has 0 spiro atoms. The van der Waals surface area contributed by atoms with Crippen LogP contribution in [0.25, 0.3) is 0 Å². The van der Waals surface area contributed by atoms with Crippen LogP contribution in [0.3, 0.4) is 0 Å². The van der Waals surface area contributed by atoms with Gasteiger partial charge in [0.05, 0.1) is 11.1 Å². The lowest BCUT2D eigenvalue weighted by molar-refractivity contribution is -0.168. The van der Waals surface area contributed by atoms with Gasteiger partial charge in [-0.1, -0.05) is 82.7 Å². The third-order valence-corrected chi connectivity index (χ3v) is 13.3. The summed E-state index contributed by atoms with van der Waals surface area (Å²) in [6, 6.07) is 6.37. The molecule has 7 heteroatoms. The van der Waals surface area contributed by atoms with E-state index < -0.39 is 17.8 Å². The van der Waals surface area contributed by atoms with Crippen molar-refractivity contribution in [2.24, 2.45) is 46.3 Å². The Morgan fingerprint density at radius 1 is 0.872 bits per heavy atom. The lowest BCUT2D eigenvalue weighted by atomic mass is 9.47. The van der Waals surface area contributed by atoms with Crippen LogP contribution in [-0.2, 0) is 19.2 Å². The van der Waals surface area contributed by atoms with E-state index in [0.29, 0.717) is 10.5 Å². The molecule has 0 saturated heterocycles. The standard InChI is InChI=1S/C40H55NO6/c1-25(2)10-8-11-26(3)32-18-19-33-31-17-16-27-24-28(20-22-39(27,4)34(31)21-23-40(32,33)5)46-35(42)14-9-15-36(43)47-41-37(44)29-12-6-7-13-30(29)38(41)45/h6-7,12-13,16,25-26,28,31-34H,8-11,14-15,17-24H2,1-5H3/t26-,28+,31+,32-,33+,34+,39+,40-/m1/s1. The number of benzene rings is 1. The van der Waals surface area contributed by atoms with Gasteiger partial charge in [-0.25, -0.2) is 4.79 Å². The molecule has 47 heavy (non-hydrogen) atoms. The van der Waals surface area contributed by atoms with Crippen molar-refractivity contribution < 1.29 is 28.8 Å². The summed E-state index contributed by atoms with van der Waals surface area (Å²) in [6.45, 7) is 12.4. The van der Waals surface area contributed by atoms with Crippen LogP contribution in [0, 0.1) is 46.3 Å². The summed E-state index contributed by atoms with van der Waals surface area (Å²) in [4.78, 5) is 55.1. The van der Waals surface area contributed by atoms with Gasteiger partial charge in [0.15, 0.2) is 0 Å². The first-order chi connectivity index (χ1) is 22.4. The van der Waals surface area contributed by atoms with Gasteiger partial charge in [-0.3, -0.25) is 14.4 Å². The lowest BCUT2D eigenvalue weighted by Gasteiger charge is -2.58. The molecular weight excluding hydrogens is 590 g/mol. The number of fused-ring (bicyclic) bond motifs is 6. The van der Waals surface area contributed by atoms with Crippen LogP contribution in [0.15, 0.2) is 35.9 Å². The summed E-state index contributed by atoms with van der Waals surface area (Å²) in [5.74, 6) is 2.46. The van der Waals surface area contributed by atoms with Gasteiger partial charge >= 0.3 is 11.9 Å². The zero-order valence-electron chi connectivity index (χ0n) is 29.2. The quantitative estimate of drug-likeness (QED) is 0.136. The first-order valence-corrected chi connectivity index (χ1v) is 18.5. The van der Waals surface area contributed by atoms with E-state index in [1.54, 1.807) is 12.1 Å². The Morgan fingerprint density at radius 2 is 1.57 bits per heavy atom. The first kappa shape index (κ1) is 33.9. The molecule has 2 amide bonds. The topological polar surface area (TPSA) is 90.0 Å². The van der Waals surface area contributed by atoms with E-state index in [2.05, 4.69) is 40.7 Å². The van der Waals surface area contributed by atoms with Gasteiger partial charge in [0.1, 0.15) is 6.10 Å². The van der Waals surface area contributed by atoms with Crippen molar-refractivity contribution in [3.63, 3.8) is 0 Å². The summed E-state index contributed by atoms with van der Waals surface area (Å²) in [6.07, 6.45) is 16.1. The predicted molar refractivity (Wildman–Crippen MR) is 180 cm³/mol. The lowest BCUT2D eigenvalue weighted by Crippen LogP contribution is -2.51. The van der Waals surface area contributed by atoms with Crippen LogP contribution in [0.4, 0.5) is 0 Å². The highest BCUT2D eigenvalue weighted by Gasteiger charge is 2.59. The van der Waals surface area contributed by atoms with E-state index in [-0.39, 0.29) is 47.9 Å². The molecule has 1 heterocycles. The Morgan fingerprint density at radius 3 is 2.28 bits per heavy atom. The second-order valence-corrected chi connectivity index (χ2v) is 16.4. The molecule has 7 nitrogen and oxygen atoms in total. The van der Waals surface area contributed by atoms with Gasteiger partial charge in [0, 0.05) is 19.3 Å². The fraction of sp³-hybridized carbons (Fsp3) is 0.700. The molecule has 1 aromatic rings. The van der Waals surface area contributed by atoms with Crippen LogP contribution in [0.2, 0.25) is 0 Å². The highest BCUT2D eigenvalue weighted by atomic mass is 16.7. The van der Waals surface area contributed by atoms with Crippen LogP contribution in [0.5, 0.6) is 0 Å². The highest BCUT2D eigenvalue weighted by Crippen LogP contribution is 2.67. The van der Waals surface area contributed by atoms with E-state index in [0.717, 1.165) is 54.8 Å². The number of allylic oxidation sites excluding steroid dienone is 1. The molecule has 0 radical (unpaired) electrons. The molecule has 4 aliphatic carbocycles. The zero-order valence-corrected chi connectivity index (χ0v) is 29.2. The smallest absolute Gasteiger partial charge is 0.333 e. The van der Waals surface area contributed by atoms with Crippen molar-refractivity contribution in [2.75, 3.05) is 0 Å². The van der Waals surface area contributed by atoms with Crippen molar-refractivity contribution in [1.82, 2.24) is 5.06 Å².